The van der Waals surface area contributed by atoms with Crippen LogP contribution in [0.3, 0.4) is 0 Å². The lowest BCUT2D eigenvalue weighted by atomic mass is 10.0. The molecule has 13 heteroatoms. The molecule has 0 aliphatic heterocycles. The van der Waals surface area contributed by atoms with E-state index in [1.807, 2.05) is 0 Å². The fourth-order valence-corrected chi connectivity index (χ4v) is 0.553. The van der Waals surface area contributed by atoms with Gasteiger partial charge in [0.1, 0.15) is 0 Å². The fraction of sp³-hybridized carbons (Fsp3) is 0.833. The highest BCUT2D eigenvalue weighted by molar-refractivity contribution is 5.03. The lowest BCUT2D eigenvalue weighted by molar-refractivity contribution is -0.438. The highest BCUT2D eigenvalue weighted by atomic mass is 19.4. The standard InChI is InChI=1S/C5F12.CF/c6-1(7,2(8,9)4(12,13)14)3(10,11)5(15,16)17;1-2. The van der Waals surface area contributed by atoms with Crippen LogP contribution in [0.25, 0.3) is 0 Å². The Kier molecular flexibility index (Phi) is 5.62. The second-order valence-electron chi connectivity index (χ2n) is 2.72. The van der Waals surface area contributed by atoms with E-state index in [1.54, 1.807) is 0 Å². The molecule has 0 aromatic rings. The van der Waals surface area contributed by atoms with E-state index in [1.165, 1.54) is 0 Å². The lowest BCUT2D eigenvalue weighted by Crippen LogP contribution is -2.65. The molecule has 0 amide bonds. The second-order valence-corrected chi connectivity index (χ2v) is 2.72. The number of hydrogen-bond acceptors (Lipinski definition) is 0. The zero-order valence-corrected chi connectivity index (χ0v) is 7.91. The molecule has 0 rings (SSSR count). The SMILES string of the molecule is FC(F)(F)C(F)(F)C(F)(F)C(F)(F)C(F)(F)F.[C]F. The molecule has 0 nitrogen and oxygen atoms in total. The Morgan fingerprint density at radius 1 is 0.368 bits per heavy atom. The normalized spacial score (nSPS) is 14.8. The molecule has 0 heterocycles. The molecule has 0 aliphatic carbocycles. The Labute approximate surface area is 95.7 Å². The largest absolute Gasteiger partial charge is 0.460 e. The second kappa shape index (κ2) is 5.23. The Morgan fingerprint density at radius 3 is 0.632 bits per heavy atom. The van der Waals surface area contributed by atoms with Crippen LogP contribution in [0.2, 0.25) is 0 Å². The maximum Gasteiger partial charge on any atom is 0.460 e. The van der Waals surface area contributed by atoms with E-state index >= 15 is 0 Å². The summed E-state index contributed by atoms with van der Waals surface area (Å²) >= 11 is 0. The summed E-state index contributed by atoms with van der Waals surface area (Å²) in [5, 5.41) is 0. The fourth-order valence-electron chi connectivity index (χ4n) is 0.553. The van der Waals surface area contributed by atoms with Crippen LogP contribution in [-0.4, -0.2) is 30.1 Å². The van der Waals surface area contributed by atoms with Gasteiger partial charge >= 0.3 is 30.1 Å². The minimum atomic E-state index is -7.66. The van der Waals surface area contributed by atoms with E-state index in [9.17, 15) is 52.7 Å². The predicted molar refractivity (Wildman–Crippen MR) is 31.3 cm³/mol. The summed E-state index contributed by atoms with van der Waals surface area (Å²) in [5.41, 5.74) is 0. The van der Waals surface area contributed by atoms with E-state index in [4.69, 9.17) is 4.39 Å². The number of halogens is 13. The molecular weight excluding hydrogens is 319 g/mol. The van der Waals surface area contributed by atoms with E-state index < -0.39 is 30.1 Å². The first kappa shape index (κ1) is 20.4. The first-order chi connectivity index (χ1) is 8.00. The van der Waals surface area contributed by atoms with Crippen molar-refractivity contribution in [1.82, 2.24) is 0 Å². The van der Waals surface area contributed by atoms with Crippen molar-refractivity contribution >= 4 is 0 Å². The zero-order valence-electron chi connectivity index (χ0n) is 7.91. The first-order valence-electron chi connectivity index (χ1n) is 3.46. The molecule has 0 bridgehead atoms. The summed E-state index contributed by atoms with van der Waals surface area (Å²) in [4.78, 5) is 0. The molecule has 19 heavy (non-hydrogen) atoms. The van der Waals surface area contributed by atoms with Crippen molar-refractivity contribution in [1.29, 1.82) is 0 Å². The van der Waals surface area contributed by atoms with Gasteiger partial charge in [-0.1, -0.05) is 0 Å². The summed E-state index contributed by atoms with van der Waals surface area (Å²) < 4.78 is 148. The van der Waals surface area contributed by atoms with Crippen molar-refractivity contribution in [3.05, 3.63) is 7.18 Å². The van der Waals surface area contributed by atoms with E-state index in [0.717, 1.165) is 0 Å². The highest BCUT2D eigenvalue weighted by Crippen LogP contribution is 2.57. The quantitative estimate of drug-likeness (QED) is 0.657. The Hall–Kier alpha value is -0.910. The van der Waals surface area contributed by atoms with Gasteiger partial charge in [-0.3, -0.25) is 0 Å². The monoisotopic (exact) mass is 319 g/mol. The van der Waals surface area contributed by atoms with Crippen LogP contribution in [0.15, 0.2) is 0 Å². The van der Waals surface area contributed by atoms with Crippen LogP contribution in [0.1, 0.15) is 0 Å². The third kappa shape index (κ3) is 3.16. The summed E-state index contributed by atoms with van der Waals surface area (Å²) in [6.07, 6.45) is -14.5. The summed E-state index contributed by atoms with van der Waals surface area (Å²) in [6.45, 7) is 0. The molecule has 0 unspecified atom stereocenters. The van der Waals surface area contributed by atoms with Crippen LogP contribution in [0.4, 0.5) is 57.1 Å². The molecule has 115 valence electrons. The van der Waals surface area contributed by atoms with Gasteiger partial charge < -0.3 is 0 Å². The molecule has 3 radical (unpaired) electrons. The molecule has 0 aromatic heterocycles. The van der Waals surface area contributed by atoms with E-state index in [0.29, 0.717) is 0 Å². The molecule has 0 spiro atoms. The molecule has 0 N–H and O–H groups in total. The van der Waals surface area contributed by atoms with E-state index in [2.05, 4.69) is 7.18 Å². The zero-order chi connectivity index (χ0) is 16.5. The molecular formula is C6F13. The third-order valence-electron chi connectivity index (χ3n) is 1.50. The Bertz CT molecular complexity index is 252. The van der Waals surface area contributed by atoms with Crippen molar-refractivity contribution in [3.63, 3.8) is 0 Å². The van der Waals surface area contributed by atoms with E-state index in [-0.39, 0.29) is 0 Å². The average molecular weight is 319 g/mol. The van der Waals surface area contributed by atoms with Crippen LogP contribution in [0, 0.1) is 7.18 Å². The summed E-state index contributed by atoms with van der Waals surface area (Å²) in [7, 11) is 4.25. The van der Waals surface area contributed by atoms with Crippen LogP contribution in [0.5, 0.6) is 0 Å². The third-order valence-corrected chi connectivity index (χ3v) is 1.50. The topological polar surface area (TPSA) is 0 Å². The Morgan fingerprint density at radius 2 is 0.526 bits per heavy atom. The van der Waals surface area contributed by atoms with Gasteiger partial charge in [-0.25, -0.2) is 4.39 Å². The van der Waals surface area contributed by atoms with Crippen LogP contribution < -0.4 is 0 Å². The summed E-state index contributed by atoms with van der Waals surface area (Å²) in [6, 6.07) is 0. The number of rotatable bonds is 2. The van der Waals surface area contributed by atoms with Gasteiger partial charge in [-0.15, -0.1) is 0 Å². The molecule has 0 saturated heterocycles. The number of alkyl halides is 12. The van der Waals surface area contributed by atoms with Gasteiger partial charge in [0.2, 0.25) is 7.18 Å². The lowest BCUT2D eigenvalue weighted by Gasteiger charge is -2.34. The minimum absolute atomic E-state index is 4.25. The van der Waals surface area contributed by atoms with Gasteiger partial charge in [0, 0.05) is 0 Å². The molecule has 0 aromatic carbocycles. The van der Waals surface area contributed by atoms with Gasteiger partial charge in [0.25, 0.3) is 0 Å². The molecule has 0 fully saturated rings. The first-order valence-corrected chi connectivity index (χ1v) is 3.46. The van der Waals surface area contributed by atoms with Crippen molar-refractivity contribution in [3.8, 4) is 0 Å². The summed E-state index contributed by atoms with van der Waals surface area (Å²) in [5.74, 6) is -22.7. The molecule has 0 atom stereocenters. The molecule has 0 saturated carbocycles. The van der Waals surface area contributed by atoms with Gasteiger partial charge in [-0.05, 0) is 0 Å². The van der Waals surface area contributed by atoms with Gasteiger partial charge in [0.15, 0.2) is 0 Å². The predicted octanol–water partition coefficient (Wildman–Crippen LogP) is 4.52. The minimum Gasteiger partial charge on any atom is -0.232 e. The van der Waals surface area contributed by atoms with Crippen LogP contribution in [-0.2, 0) is 0 Å². The Balaban J connectivity index is 0. The maximum atomic E-state index is 12.0. The van der Waals surface area contributed by atoms with Crippen molar-refractivity contribution in [2.75, 3.05) is 0 Å². The smallest absolute Gasteiger partial charge is 0.232 e. The number of hydrogen-bond donors (Lipinski definition) is 0. The average Bonchev–Trinajstić information content (AvgIpc) is 2.16. The van der Waals surface area contributed by atoms with Crippen molar-refractivity contribution in [2.24, 2.45) is 0 Å². The maximum absolute atomic E-state index is 12.0. The van der Waals surface area contributed by atoms with Crippen molar-refractivity contribution < 1.29 is 57.1 Å². The van der Waals surface area contributed by atoms with Crippen LogP contribution >= 0.6 is 0 Å². The van der Waals surface area contributed by atoms with Gasteiger partial charge in [-0.2, -0.15) is 52.7 Å². The van der Waals surface area contributed by atoms with Crippen molar-refractivity contribution in [2.45, 2.75) is 30.1 Å². The van der Waals surface area contributed by atoms with Gasteiger partial charge in [0.05, 0.1) is 0 Å². The highest BCUT2D eigenvalue weighted by Gasteiger charge is 2.88. The molecule has 0 aliphatic rings.